The molecule has 2 heterocycles. The Morgan fingerprint density at radius 2 is 2.25 bits per heavy atom. The van der Waals surface area contributed by atoms with Crippen molar-refractivity contribution in [3.8, 4) is 5.75 Å². The molecular formula is C17H14N2O4S. The van der Waals surface area contributed by atoms with Crippen LogP contribution in [0.5, 0.6) is 5.75 Å². The average Bonchev–Trinajstić information content (AvgIpc) is 3.05. The van der Waals surface area contributed by atoms with Crippen molar-refractivity contribution in [3.05, 3.63) is 62.6 Å². The van der Waals surface area contributed by atoms with Crippen LogP contribution >= 0.6 is 11.3 Å². The van der Waals surface area contributed by atoms with Crippen molar-refractivity contribution >= 4 is 34.4 Å². The number of benzene rings is 1. The molecule has 0 saturated heterocycles. The Balaban J connectivity index is 1.61. The van der Waals surface area contributed by atoms with Gasteiger partial charge in [-0.05, 0) is 36.1 Å². The van der Waals surface area contributed by atoms with Crippen molar-refractivity contribution in [3.63, 3.8) is 0 Å². The first kappa shape index (κ1) is 15.9. The number of hydrogen-bond acceptors (Lipinski definition) is 6. The Labute approximate surface area is 141 Å². The monoisotopic (exact) mass is 342 g/mol. The molecule has 0 aliphatic rings. The molecule has 2 aromatic heterocycles. The van der Waals surface area contributed by atoms with Crippen LogP contribution in [0.15, 0.2) is 56.1 Å². The number of hydrazone groups is 1. The van der Waals surface area contributed by atoms with E-state index < -0.39 is 5.63 Å². The summed E-state index contributed by atoms with van der Waals surface area (Å²) in [5, 5.41) is 6.59. The lowest BCUT2D eigenvalue weighted by atomic mass is 10.1. The average molecular weight is 342 g/mol. The fraction of sp³-hybridized carbons (Fsp3) is 0.118. The standard InChI is InChI=1S/C17H14N2O4S/c1-11-7-17(21)23-15-8-12(4-5-14(11)15)22-10-16(20)19-18-9-13-3-2-6-24-13/h2-9H,10H2,1H3,(H,19,20)/b18-9-. The summed E-state index contributed by atoms with van der Waals surface area (Å²) in [7, 11) is 0. The van der Waals surface area contributed by atoms with Gasteiger partial charge in [-0.1, -0.05) is 6.07 Å². The molecule has 0 bridgehead atoms. The molecule has 122 valence electrons. The second-order valence-electron chi connectivity index (χ2n) is 5.00. The van der Waals surface area contributed by atoms with Crippen LogP contribution in [0.25, 0.3) is 11.0 Å². The van der Waals surface area contributed by atoms with Crippen molar-refractivity contribution in [2.75, 3.05) is 6.61 Å². The van der Waals surface area contributed by atoms with E-state index in [2.05, 4.69) is 10.5 Å². The number of nitrogens with one attached hydrogen (secondary N) is 1. The molecule has 24 heavy (non-hydrogen) atoms. The summed E-state index contributed by atoms with van der Waals surface area (Å²) >= 11 is 1.52. The zero-order valence-corrected chi connectivity index (χ0v) is 13.6. The Morgan fingerprint density at radius 3 is 3.04 bits per heavy atom. The van der Waals surface area contributed by atoms with Crippen molar-refractivity contribution in [2.45, 2.75) is 6.92 Å². The molecule has 0 fully saturated rings. The van der Waals surface area contributed by atoms with E-state index in [-0.39, 0.29) is 12.5 Å². The minimum atomic E-state index is -0.419. The Kier molecular flexibility index (Phi) is 4.72. The number of fused-ring (bicyclic) bond motifs is 1. The number of nitrogens with zero attached hydrogens (tertiary/aromatic N) is 1. The largest absolute Gasteiger partial charge is 0.484 e. The lowest BCUT2D eigenvalue weighted by Crippen LogP contribution is -2.24. The number of amides is 1. The van der Waals surface area contributed by atoms with E-state index in [1.165, 1.54) is 17.4 Å². The van der Waals surface area contributed by atoms with Crippen molar-refractivity contribution in [1.29, 1.82) is 0 Å². The van der Waals surface area contributed by atoms with Crippen molar-refractivity contribution < 1.29 is 13.9 Å². The Bertz CT molecular complexity index is 945. The van der Waals surface area contributed by atoms with Crippen molar-refractivity contribution in [2.24, 2.45) is 5.10 Å². The minimum Gasteiger partial charge on any atom is -0.484 e. The van der Waals surface area contributed by atoms with E-state index in [0.29, 0.717) is 11.3 Å². The summed E-state index contributed by atoms with van der Waals surface area (Å²) in [4.78, 5) is 24.0. The maximum atomic E-state index is 11.7. The highest BCUT2D eigenvalue weighted by Gasteiger charge is 2.06. The maximum Gasteiger partial charge on any atom is 0.336 e. The highest BCUT2D eigenvalue weighted by Crippen LogP contribution is 2.22. The van der Waals surface area contributed by atoms with E-state index in [4.69, 9.17) is 9.15 Å². The third-order valence-electron chi connectivity index (χ3n) is 3.22. The van der Waals surface area contributed by atoms with Gasteiger partial charge in [-0.3, -0.25) is 4.79 Å². The maximum absolute atomic E-state index is 11.7. The molecule has 0 aliphatic carbocycles. The Morgan fingerprint density at radius 1 is 1.38 bits per heavy atom. The molecule has 3 aromatic rings. The summed E-state index contributed by atoms with van der Waals surface area (Å²) < 4.78 is 10.5. The first-order chi connectivity index (χ1) is 11.6. The fourth-order valence-corrected chi connectivity index (χ4v) is 2.69. The molecule has 1 aromatic carbocycles. The molecule has 7 heteroatoms. The summed E-state index contributed by atoms with van der Waals surface area (Å²) in [6, 6.07) is 10.3. The number of carbonyl (C=O) groups excluding carboxylic acids is 1. The number of rotatable bonds is 5. The predicted molar refractivity (Wildman–Crippen MR) is 92.8 cm³/mol. The third kappa shape index (κ3) is 3.88. The highest BCUT2D eigenvalue weighted by atomic mass is 32.1. The number of hydrogen-bond donors (Lipinski definition) is 1. The van der Waals surface area contributed by atoms with Crippen LogP contribution < -0.4 is 15.8 Å². The van der Waals surface area contributed by atoms with Crippen LogP contribution in [0.4, 0.5) is 0 Å². The molecule has 1 N–H and O–H groups in total. The van der Waals surface area contributed by atoms with Gasteiger partial charge >= 0.3 is 5.63 Å². The summed E-state index contributed by atoms with van der Waals surface area (Å²) in [5.74, 6) is 0.0576. The zero-order valence-electron chi connectivity index (χ0n) is 12.8. The van der Waals surface area contributed by atoms with E-state index in [0.717, 1.165) is 15.8 Å². The Hall–Kier alpha value is -2.93. The third-order valence-corrected chi connectivity index (χ3v) is 4.02. The van der Waals surface area contributed by atoms with Crippen LogP contribution in [0.1, 0.15) is 10.4 Å². The molecule has 3 rings (SSSR count). The second-order valence-corrected chi connectivity index (χ2v) is 5.98. The molecule has 0 radical (unpaired) electrons. The number of carbonyl (C=O) groups is 1. The first-order valence-corrected chi connectivity index (χ1v) is 8.02. The van der Waals surface area contributed by atoms with Gasteiger partial charge in [0, 0.05) is 22.4 Å². The quantitative estimate of drug-likeness (QED) is 0.439. The van der Waals surface area contributed by atoms with Crippen LogP contribution in [0, 0.1) is 6.92 Å². The van der Waals surface area contributed by atoms with Crippen LogP contribution in [0.3, 0.4) is 0 Å². The molecule has 0 spiro atoms. The lowest BCUT2D eigenvalue weighted by Gasteiger charge is -2.06. The summed E-state index contributed by atoms with van der Waals surface area (Å²) in [5.41, 5.74) is 3.22. The second kappa shape index (κ2) is 7.10. The molecule has 6 nitrogen and oxygen atoms in total. The van der Waals surface area contributed by atoms with Gasteiger partial charge in [0.15, 0.2) is 6.61 Å². The van der Waals surface area contributed by atoms with Gasteiger partial charge in [0.2, 0.25) is 0 Å². The van der Waals surface area contributed by atoms with Gasteiger partial charge in [0.1, 0.15) is 11.3 Å². The number of aryl methyl sites for hydroxylation is 1. The summed E-state index contributed by atoms with van der Waals surface area (Å²) in [6.45, 7) is 1.64. The molecule has 0 atom stereocenters. The van der Waals surface area contributed by atoms with Gasteiger partial charge in [-0.2, -0.15) is 5.10 Å². The van der Waals surface area contributed by atoms with Crippen LogP contribution in [0.2, 0.25) is 0 Å². The minimum absolute atomic E-state index is 0.191. The van der Waals surface area contributed by atoms with Gasteiger partial charge in [-0.25, -0.2) is 10.2 Å². The van der Waals surface area contributed by atoms with E-state index >= 15 is 0 Å². The predicted octanol–water partition coefficient (Wildman–Crippen LogP) is 2.69. The first-order valence-electron chi connectivity index (χ1n) is 7.14. The SMILES string of the molecule is Cc1cc(=O)oc2cc(OCC(=O)N/N=C\c3cccs3)ccc12. The molecule has 1 amide bonds. The highest BCUT2D eigenvalue weighted by molar-refractivity contribution is 7.11. The molecule has 0 saturated carbocycles. The van der Waals surface area contributed by atoms with Crippen LogP contribution in [-0.2, 0) is 4.79 Å². The zero-order chi connectivity index (χ0) is 16.9. The van der Waals surface area contributed by atoms with E-state index in [9.17, 15) is 9.59 Å². The smallest absolute Gasteiger partial charge is 0.336 e. The van der Waals surface area contributed by atoms with Gasteiger partial charge in [0.05, 0.1) is 6.21 Å². The van der Waals surface area contributed by atoms with Gasteiger partial charge in [-0.15, -0.1) is 11.3 Å². The van der Waals surface area contributed by atoms with Crippen LogP contribution in [-0.4, -0.2) is 18.7 Å². The number of ether oxygens (including phenoxy) is 1. The molecule has 0 unspecified atom stereocenters. The van der Waals surface area contributed by atoms with Gasteiger partial charge in [0.25, 0.3) is 5.91 Å². The van der Waals surface area contributed by atoms with E-state index in [1.54, 1.807) is 24.4 Å². The van der Waals surface area contributed by atoms with Gasteiger partial charge < -0.3 is 9.15 Å². The lowest BCUT2D eigenvalue weighted by molar-refractivity contribution is -0.123. The normalized spacial score (nSPS) is 11.0. The topological polar surface area (TPSA) is 80.9 Å². The fourth-order valence-electron chi connectivity index (χ4n) is 2.11. The molecular weight excluding hydrogens is 328 g/mol. The molecule has 0 aliphatic heterocycles. The summed E-state index contributed by atoms with van der Waals surface area (Å²) in [6.07, 6.45) is 1.57. The number of thiophene rings is 1. The van der Waals surface area contributed by atoms with Crippen molar-refractivity contribution in [1.82, 2.24) is 5.43 Å². The van der Waals surface area contributed by atoms with E-state index in [1.807, 2.05) is 24.4 Å².